The molecule has 4 heteroatoms. The number of allylic oxidation sites excluding steroid dienone is 1. The summed E-state index contributed by atoms with van der Waals surface area (Å²) in [5.41, 5.74) is -0.167. The normalized spacial score (nSPS) is 13.2. The number of hydrogen-bond donors (Lipinski definition) is 0. The first-order chi connectivity index (χ1) is 8.63. The van der Waals surface area contributed by atoms with Gasteiger partial charge in [-0.1, -0.05) is 0 Å². The predicted octanol–water partition coefficient (Wildman–Crippen LogP) is 1.62. The summed E-state index contributed by atoms with van der Waals surface area (Å²) in [5.74, 6) is -0.371. The summed E-state index contributed by atoms with van der Waals surface area (Å²) in [6.07, 6.45) is 2.08. The fourth-order valence-electron chi connectivity index (χ4n) is 1.89. The van der Waals surface area contributed by atoms with Gasteiger partial charge in [-0.05, 0) is 0 Å². The fourth-order valence-corrected chi connectivity index (χ4v) is 2.49. The molecule has 0 amide bonds. The molecule has 0 aliphatic rings. The summed E-state index contributed by atoms with van der Waals surface area (Å²) in [4.78, 5) is 12.2. The van der Waals surface area contributed by atoms with Crippen molar-refractivity contribution in [1.29, 1.82) is 0 Å². The van der Waals surface area contributed by atoms with Crippen molar-refractivity contribution in [2.75, 3.05) is 14.2 Å². The Morgan fingerprint density at radius 2 is 1.94 bits per heavy atom. The zero-order valence-electron chi connectivity index (χ0n) is 10.5. The van der Waals surface area contributed by atoms with Crippen molar-refractivity contribution in [2.45, 2.75) is 11.8 Å². The van der Waals surface area contributed by atoms with E-state index in [2.05, 4.69) is 22.2 Å². The summed E-state index contributed by atoms with van der Waals surface area (Å²) < 4.78 is 10.7. The molecule has 1 atom stereocenters. The maximum absolute atomic E-state index is 12.2. The summed E-state index contributed by atoms with van der Waals surface area (Å²) in [7, 11) is 2.89. The van der Waals surface area contributed by atoms with Crippen molar-refractivity contribution < 1.29 is 14.3 Å². The van der Waals surface area contributed by atoms with Gasteiger partial charge in [0.15, 0.2) is 0 Å². The van der Waals surface area contributed by atoms with E-state index in [4.69, 9.17) is 9.47 Å². The SMILES string of the molecule is C=CCC(C(=O)OC)(C(=[Se])OC)c1ccccc1. The van der Waals surface area contributed by atoms with Crippen LogP contribution in [0.4, 0.5) is 0 Å². The molecule has 18 heavy (non-hydrogen) atoms. The Morgan fingerprint density at radius 3 is 2.39 bits per heavy atom. The minimum atomic E-state index is -0.980. The molecule has 0 saturated carbocycles. The van der Waals surface area contributed by atoms with Gasteiger partial charge in [-0.25, -0.2) is 0 Å². The molecule has 0 bridgehead atoms. The van der Waals surface area contributed by atoms with Crippen molar-refractivity contribution >= 4 is 26.1 Å². The van der Waals surface area contributed by atoms with Crippen molar-refractivity contribution in [1.82, 2.24) is 0 Å². The van der Waals surface area contributed by atoms with E-state index in [1.54, 1.807) is 6.08 Å². The Hall–Kier alpha value is -1.38. The first-order valence-corrected chi connectivity index (χ1v) is 6.32. The van der Waals surface area contributed by atoms with Crippen LogP contribution in [0.5, 0.6) is 0 Å². The van der Waals surface area contributed by atoms with Crippen molar-refractivity contribution in [3.8, 4) is 0 Å². The number of methoxy groups -OCH3 is 2. The zero-order chi connectivity index (χ0) is 13.6. The van der Waals surface area contributed by atoms with Crippen LogP contribution in [0.1, 0.15) is 12.0 Å². The van der Waals surface area contributed by atoms with Crippen LogP contribution in [0.3, 0.4) is 0 Å². The second-order valence-electron chi connectivity index (χ2n) is 3.75. The van der Waals surface area contributed by atoms with Gasteiger partial charge >= 0.3 is 115 Å². The van der Waals surface area contributed by atoms with E-state index >= 15 is 0 Å². The molecule has 0 spiro atoms. The molecule has 0 aliphatic heterocycles. The third-order valence-electron chi connectivity index (χ3n) is 2.78. The van der Waals surface area contributed by atoms with E-state index in [0.29, 0.717) is 11.0 Å². The number of hydrogen-bond acceptors (Lipinski definition) is 3. The topological polar surface area (TPSA) is 35.5 Å². The first kappa shape index (κ1) is 14.7. The Kier molecular flexibility index (Phi) is 5.32. The number of esters is 1. The number of benzene rings is 1. The maximum atomic E-state index is 12.2. The van der Waals surface area contributed by atoms with Crippen LogP contribution in [0.15, 0.2) is 43.0 Å². The standard InChI is InChI=1S/C14H16O3Se/c1-4-10-14(12(15)16-2,13(18)17-3)11-8-6-5-7-9-11/h4-9H,1,10H2,2-3H3. The van der Waals surface area contributed by atoms with Crippen LogP contribution in [0, 0.1) is 0 Å². The van der Waals surface area contributed by atoms with Crippen molar-refractivity contribution in [2.24, 2.45) is 0 Å². The predicted molar refractivity (Wildman–Crippen MR) is 72.7 cm³/mol. The minimum absolute atomic E-state index is 0.371. The van der Waals surface area contributed by atoms with E-state index in [-0.39, 0.29) is 5.97 Å². The fraction of sp³-hybridized carbons (Fsp3) is 0.286. The molecule has 0 aliphatic carbocycles. The van der Waals surface area contributed by atoms with Crippen LogP contribution in [-0.4, -0.2) is 40.4 Å². The Labute approximate surface area is 115 Å². The third kappa shape index (κ3) is 2.55. The first-order valence-electron chi connectivity index (χ1n) is 5.46. The van der Waals surface area contributed by atoms with Gasteiger partial charge in [0.25, 0.3) is 0 Å². The number of carbonyl (C=O) groups is 1. The molecule has 0 aromatic heterocycles. The van der Waals surface area contributed by atoms with Crippen molar-refractivity contribution in [3.05, 3.63) is 48.6 Å². The average Bonchev–Trinajstić information content (AvgIpc) is 2.44. The molecule has 0 saturated heterocycles. The number of rotatable bonds is 6. The summed E-state index contributed by atoms with van der Waals surface area (Å²) in [5, 5.41) is 0. The summed E-state index contributed by atoms with van der Waals surface area (Å²) in [6.45, 7) is 3.71. The Bertz CT molecular complexity index is 424. The van der Waals surface area contributed by atoms with E-state index in [1.165, 1.54) is 14.2 Å². The molecular formula is C14H16O3Se. The van der Waals surface area contributed by atoms with Gasteiger partial charge in [-0.3, -0.25) is 0 Å². The van der Waals surface area contributed by atoms with Crippen LogP contribution in [-0.2, 0) is 19.7 Å². The number of carbonyl (C=O) groups excluding carboxylic acids is 1. The van der Waals surface area contributed by atoms with Crippen LogP contribution in [0.2, 0.25) is 0 Å². The summed E-state index contributed by atoms with van der Waals surface area (Å²) in [6, 6.07) is 9.39. The van der Waals surface area contributed by atoms with Gasteiger partial charge in [-0.2, -0.15) is 0 Å². The van der Waals surface area contributed by atoms with Crippen molar-refractivity contribution in [3.63, 3.8) is 0 Å². The molecule has 0 fully saturated rings. The molecule has 1 aromatic rings. The van der Waals surface area contributed by atoms with Crippen LogP contribution < -0.4 is 0 Å². The van der Waals surface area contributed by atoms with E-state index in [0.717, 1.165) is 5.56 Å². The molecule has 1 unspecified atom stereocenters. The molecule has 96 valence electrons. The molecule has 3 nitrogen and oxygen atoms in total. The van der Waals surface area contributed by atoms with Crippen LogP contribution >= 0.6 is 0 Å². The molecular weight excluding hydrogens is 295 g/mol. The monoisotopic (exact) mass is 312 g/mol. The molecule has 0 heterocycles. The Morgan fingerprint density at radius 1 is 1.33 bits per heavy atom. The van der Waals surface area contributed by atoms with E-state index in [1.807, 2.05) is 30.3 Å². The van der Waals surface area contributed by atoms with Gasteiger partial charge in [0, 0.05) is 0 Å². The average molecular weight is 311 g/mol. The third-order valence-corrected chi connectivity index (χ3v) is 3.87. The quantitative estimate of drug-likeness (QED) is 0.455. The molecule has 0 radical (unpaired) electrons. The van der Waals surface area contributed by atoms with E-state index < -0.39 is 5.41 Å². The Balaban J connectivity index is 3.42. The molecule has 0 N–H and O–H groups in total. The van der Waals surface area contributed by atoms with Gasteiger partial charge in [0.05, 0.1) is 0 Å². The van der Waals surface area contributed by atoms with Gasteiger partial charge in [0.1, 0.15) is 0 Å². The van der Waals surface area contributed by atoms with Gasteiger partial charge in [-0.15, -0.1) is 0 Å². The van der Waals surface area contributed by atoms with Crippen LogP contribution in [0.25, 0.3) is 0 Å². The second kappa shape index (κ2) is 6.52. The number of ether oxygens (including phenoxy) is 2. The summed E-state index contributed by atoms with van der Waals surface area (Å²) >= 11 is 2.81. The zero-order valence-corrected chi connectivity index (χ0v) is 12.2. The van der Waals surface area contributed by atoms with E-state index in [9.17, 15) is 4.79 Å². The molecule has 1 rings (SSSR count). The molecule has 1 aromatic carbocycles. The van der Waals surface area contributed by atoms with Gasteiger partial charge in [0.2, 0.25) is 0 Å². The second-order valence-corrected chi connectivity index (χ2v) is 4.53. The van der Waals surface area contributed by atoms with Gasteiger partial charge < -0.3 is 0 Å².